The van der Waals surface area contributed by atoms with Gasteiger partial charge in [-0.3, -0.25) is 9.59 Å². The molecule has 2 aromatic rings. The van der Waals surface area contributed by atoms with Gasteiger partial charge in [-0.1, -0.05) is 30.3 Å². The minimum absolute atomic E-state index is 0.0148. The first-order chi connectivity index (χ1) is 11.7. The van der Waals surface area contributed by atoms with E-state index in [1.165, 1.54) is 0 Å². The molecule has 1 fully saturated rings. The van der Waals surface area contributed by atoms with Crippen molar-refractivity contribution in [2.45, 2.75) is 11.8 Å². The fourth-order valence-electron chi connectivity index (χ4n) is 3.75. The molecule has 122 valence electrons. The average molecular weight is 322 g/mol. The van der Waals surface area contributed by atoms with Gasteiger partial charge in [0.15, 0.2) is 0 Å². The van der Waals surface area contributed by atoms with E-state index in [9.17, 15) is 9.59 Å². The zero-order chi connectivity index (χ0) is 16.7. The highest BCUT2D eigenvalue weighted by Crippen LogP contribution is 2.44. The molecule has 2 amide bonds. The van der Waals surface area contributed by atoms with Crippen LogP contribution in [0, 0.1) is 0 Å². The molecular formula is C19H18N2O3. The van der Waals surface area contributed by atoms with E-state index in [0.29, 0.717) is 30.8 Å². The molecule has 4 rings (SSSR count). The van der Waals surface area contributed by atoms with Gasteiger partial charge in [-0.05, 0) is 30.2 Å². The fraction of sp³-hybridized carbons (Fsp3) is 0.263. The molecule has 2 aliphatic rings. The molecule has 0 aliphatic carbocycles. The molecule has 0 radical (unpaired) electrons. The van der Waals surface area contributed by atoms with Crippen LogP contribution in [0.1, 0.15) is 22.3 Å². The molecule has 2 aromatic carbocycles. The van der Waals surface area contributed by atoms with E-state index in [0.717, 1.165) is 11.3 Å². The SMILES string of the molecule is COc1ccccc1C(=O)N1CC[C@]2(C1)C(=O)Nc1ccccc12. The maximum absolute atomic E-state index is 12.9. The lowest BCUT2D eigenvalue weighted by Crippen LogP contribution is -2.39. The summed E-state index contributed by atoms with van der Waals surface area (Å²) in [6.07, 6.45) is 0.636. The maximum atomic E-state index is 12.9. The van der Waals surface area contributed by atoms with Crippen molar-refractivity contribution in [1.82, 2.24) is 4.90 Å². The van der Waals surface area contributed by atoms with E-state index in [4.69, 9.17) is 4.74 Å². The van der Waals surface area contributed by atoms with Gasteiger partial charge >= 0.3 is 0 Å². The van der Waals surface area contributed by atoms with Crippen molar-refractivity contribution in [1.29, 1.82) is 0 Å². The first-order valence-electron chi connectivity index (χ1n) is 7.99. The first-order valence-corrected chi connectivity index (χ1v) is 7.99. The van der Waals surface area contributed by atoms with Crippen LogP contribution in [0.25, 0.3) is 0 Å². The van der Waals surface area contributed by atoms with Crippen LogP contribution in [-0.2, 0) is 10.2 Å². The second-order valence-electron chi connectivity index (χ2n) is 6.26. The molecule has 1 spiro atoms. The summed E-state index contributed by atoms with van der Waals surface area (Å²) < 4.78 is 5.29. The van der Waals surface area contributed by atoms with Crippen LogP contribution < -0.4 is 10.1 Å². The molecule has 0 aromatic heterocycles. The summed E-state index contributed by atoms with van der Waals surface area (Å²) in [7, 11) is 1.55. The van der Waals surface area contributed by atoms with Crippen molar-refractivity contribution < 1.29 is 14.3 Å². The van der Waals surface area contributed by atoms with E-state index < -0.39 is 5.41 Å². The zero-order valence-corrected chi connectivity index (χ0v) is 13.4. The summed E-state index contributed by atoms with van der Waals surface area (Å²) in [6, 6.07) is 14.9. The molecule has 0 bridgehead atoms. The summed E-state index contributed by atoms with van der Waals surface area (Å²) in [6.45, 7) is 0.950. The number of anilines is 1. The Kier molecular flexibility index (Phi) is 3.30. The zero-order valence-electron chi connectivity index (χ0n) is 13.4. The Balaban J connectivity index is 1.66. The summed E-state index contributed by atoms with van der Waals surface area (Å²) in [5.41, 5.74) is 1.75. The standard InChI is InChI=1S/C19H18N2O3/c1-24-16-9-5-2-6-13(16)17(22)21-11-10-19(12-21)14-7-3-4-8-15(14)20-18(19)23/h2-9H,10-12H2,1H3,(H,20,23)/t19-/m1/s1. The topological polar surface area (TPSA) is 58.6 Å². The third-order valence-electron chi connectivity index (χ3n) is 5.02. The number of hydrogen-bond donors (Lipinski definition) is 1. The number of benzene rings is 2. The van der Waals surface area contributed by atoms with Crippen molar-refractivity contribution in [3.05, 3.63) is 59.7 Å². The van der Waals surface area contributed by atoms with Gasteiger partial charge in [-0.15, -0.1) is 0 Å². The Bertz CT molecular complexity index is 833. The predicted molar refractivity (Wildman–Crippen MR) is 90.3 cm³/mol. The number of rotatable bonds is 2. The van der Waals surface area contributed by atoms with Crippen LogP contribution >= 0.6 is 0 Å². The average Bonchev–Trinajstić information content (AvgIpc) is 3.18. The van der Waals surface area contributed by atoms with Gasteiger partial charge in [-0.25, -0.2) is 0 Å². The molecule has 1 saturated heterocycles. The van der Waals surface area contributed by atoms with Gasteiger partial charge in [0.2, 0.25) is 5.91 Å². The molecule has 0 unspecified atom stereocenters. The number of methoxy groups -OCH3 is 1. The smallest absolute Gasteiger partial charge is 0.257 e. The number of nitrogens with zero attached hydrogens (tertiary/aromatic N) is 1. The molecule has 5 nitrogen and oxygen atoms in total. The van der Waals surface area contributed by atoms with E-state index in [2.05, 4.69) is 5.32 Å². The highest BCUT2D eigenvalue weighted by atomic mass is 16.5. The Morgan fingerprint density at radius 2 is 1.92 bits per heavy atom. The molecular weight excluding hydrogens is 304 g/mol. The largest absolute Gasteiger partial charge is 0.496 e. The van der Waals surface area contributed by atoms with Gasteiger partial charge in [0.25, 0.3) is 5.91 Å². The van der Waals surface area contributed by atoms with Crippen molar-refractivity contribution in [2.24, 2.45) is 0 Å². The maximum Gasteiger partial charge on any atom is 0.257 e. The van der Waals surface area contributed by atoms with Crippen molar-refractivity contribution in [3.63, 3.8) is 0 Å². The van der Waals surface area contributed by atoms with Crippen LogP contribution in [-0.4, -0.2) is 36.9 Å². The number of hydrogen-bond acceptors (Lipinski definition) is 3. The van der Waals surface area contributed by atoms with Gasteiger partial charge in [-0.2, -0.15) is 0 Å². The highest BCUT2D eigenvalue weighted by Gasteiger charge is 2.52. The highest BCUT2D eigenvalue weighted by molar-refractivity contribution is 6.07. The normalized spacial score (nSPS) is 21.7. The number of carbonyl (C=O) groups is 2. The van der Waals surface area contributed by atoms with Gasteiger partial charge in [0.05, 0.1) is 18.1 Å². The molecule has 0 saturated carbocycles. The molecule has 2 aliphatic heterocycles. The molecule has 1 atom stereocenters. The van der Waals surface area contributed by atoms with Crippen LogP contribution in [0.5, 0.6) is 5.75 Å². The van der Waals surface area contributed by atoms with Gasteiger partial charge in [0, 0.05) is 18.8 Å². The summed E-state index contributed by atoms with van der Waals surface area (Å²) in [5.74, 6) is 0.445. The van der Waals surface area contributed by atoms with Crippen molar-refractivity contribution in [2.75, 3.05) is 25.5 Å². The van der Waals surface area contributed by atoms with E-state index in [1.54, 1.807) is 24.1 Å². The minimum Gasteiger partial charge on any atom is -0.496 e. The summed E-state index contributed by atoms with van der Waals surface area (Å²) >= 11 is 0. The van der Waals surface area contributed by atoms with Crippen molar-refractivity contribution >= 4 is 17.5 Å². The quantitative estimate of drug-likeness (QED) is 0.924. The first kappa shape index (κ1) is 14.8. The van der Waals surface area contributed by atoms with Crippen molar-refractivity contribution in [3.8, 4) is 5.75 Å². The van der Waals surface area contributed by atoms with Crippen LogP contribution in [0.4, 0.5) is 5.69 Å². The molecule has 24 heavy (non-hydrogen) atoms. The summed E-state index contributed by atoms with van der Waals surface area (Å²) in [4.78, 5) is 27.3. The lowest BCUT2D eigenvalue weighted by Gasteiger charge is -2.23. The van der Waals surface area contributed by atoms with Crippen LogP contribution in [0.15, 0.2) is 48.5 Å². The number of fused-ring (bicyclic) bond motifs is 2. The Morgan fingerprint density at radius 3 is 2.75 bits per heavy atom. The second-order valence-corrected chi connectivity index (χ2v) is 6.26. The number of carbonyl (C=O) groups excluding carboxylic acids is 2. The third kappa shape index (κ3) is 2.01. The fourth-order valence-corrected chi connectivity index (χ4v) is 3.75. The summed E-state index contributed by atoms with van der Waals surface area (Å²) in [5, 5.41) is 2.95. The van der Waals surface area contributed by atoms with Crippen LogP contribution in [0.3, 0.4) is 0 Å². The number of ether oxygens (including phenoxy) is 1. The Hall–Kier alpha value is -2.82. The van der Waals surface area contributed by atoms with Gasteiger partial charge in [0.1, 0.15) is 5.75 Å². The minimum atomic E-state index is -0.631. The lowest BCUT2D eigenvalue weighted by molar-refractivity contribution is -0.120. The third-order valence-corrected chi connectivity index (χ3v) is 5.02. The van der Waals surface area contributed by atoms with Gasteiger partial charge < -0.3 is 15.0 Å². The number of amides is 2. The lowest BCUT2D eigenvalue weighted by atomic mass is 9.81. The number of likely N-dealkylation sites (tertiary alicyclic amines) is 1. The van der Waals surface area contributed by atoms with E-state index in [-0.39, 0.29) is 11.8 Å². The molecule has 5 heteroatoms. The second kappa shape index (κ2) is 5.37. The molecule has 1 N–H and O–H groups in total. The molecule has 2 heterocycles. The van der Waals surface area contributed by atoms with E-state index >= 15 is 0 Å². The number of para-hydroxylation sites is 2. The number of nitrogens with one attached hydrogen (secondary N) is 1. The predicted octanol–water partition coefficient (Wildman–Crippen LogP) is 2.43. The van der Waals surface area contributed by atoms with E-state index in [1.807, 2.05) is 36.4 Å². The van der Waals surface area contributed by atoms with Crippen LogP contribution in [0.2, 0.25) is 0 Å². The Morgan fingerprint density at radius 1 is 1.17 bits per heavy atom. The Labute approximate surface area is 140 Å². The monoisotopic (exact) mass is 322 g/mol.